The van der Waals surface area contributed by atoms with Gasteiger partial charge >= 0.3 is 0 Å². The zero-order valence-corrected chi connectivity index (χ0v) is 11.3. The Hall–Kier alpha value is -2.49. The maximum atomic E-state index is 10.4. The van der Waals surface area contributed by atoms with Gasteiger partial charge in [-0.1, -0.05) is 12.1 Å². The van der Waals surface area contributed by atoms with Gasteiger partial charge in [-0.05, 0) is 48.9 Å². The fraction of sp³-hybridized carbons (Fsp3) is 0.188. The third kappa shape index (κ3) is 4.02. The number of anilines is 1. The van der Waals surface area contributed by atoms with Crippen molar-refractivity contribution in [2.24, 2.45) is 0 Å². The standard InChI is InChI=1S/C16H17NO3/c1-2-19-15-6-8-16(9-7-15)20-11-13-4-3-5-14(10-13)17-12-18/h3-10,12H,2,11H2,1H3,(H,17,18). The molecule has 0 saturated heterocycles. The van der Waals surface area contributed by atoms with Gasteiger partial charge < -0.3 is 14.8 Å². The van der Waals surface area contributed by atoms with Crippen molar-refractivity contribution in [3.63, 3.8) is 0 Å². The number of ether oxygens (including phenoxy) is 2. The fourth-order valence-corrected chi connectivity index (χ4v) is 1.78. The Balaban J connectivity index is 1.94. The van der Waals surface area contributed by atoms with E-state index >= 15 is 0 Å². The molecule has 0 aliphatic rings. The van der Waals surface area contributed by atoms with Crippen molar-refractivity contribution in [2.45, 2.75) is 13.5 Å². The first-order valence-corrected chi connectivity index (χ1v) is 6.46. The van der Waals surface area contributed by atoms with Gasteiger partial charge in [-0.25, -0.2) is 0 Å². The summed E-state index contributed by atoms with van der Waals surface area (Å²) in [6, 6.07) is 15.0. The maximum Gasteiger partial charge on any atom is 0.211 e. The molecule has 104 valence electrons. The monoisotopic (exact) mass is 271 g/mol. The Morgan fingerprint density at radius 2 is 1.75 bits per heavy atom. The number of carbonyl (C=O) groups excluding carboxylic acids is 1. The molecular weight excluding hydrogens is 254 g/mol. The molecule has 0 bridgehead atoms. The molecule has 0 unspecified atom stereocenters. The highest BCUT2D eigenvalue weighted by molar-refractivity contribution is 5.71. The van der Waals surface area contributed by atoms with Crippen molar-refractivity contribution in [2.75, 3.05) is 11.9 Å². The van der Waals surface area contributed by atoms with Crippen LogP contribution in [0.15, 0.2) is 48.5 Å². The first kappa shape index (κ1) is 13.9. The molecular formula is C16H17NO3. The molecule has 1 amide bonds. The van der Waals surface area contributed by atoms with Gasteiger partial charge in [-0.2, -0.15) is 0 Å². The quantitative estimate of drug-likeness (QED) is 0.786. The Kier molecular flexibility index (Phi) is 5.00. The molecule has 0 saturated carbocycles. The predicted octanol–water partition coefficient (Wildman–Crippen LogP) is 3.23. The van der Waals surface area contributed by atoms with E-state index in [0.29, 0.717) is 19.6 Å². The van der Waals surface area contributed by atoms with Crippen molar-refractivity contribution in [1.29, 1.82) is 0 Å². The Morgan fingerprint density at radius 1 is 1.05 bits per heavy atom. The zero-order valence-electron chi connectivity index (χ0n) is 11.3. The maximum absolute atomic E-state index is 10.4. The van der Waals surface area contributed by atoms with E-state index in [-0.39, 0.29) is 0 Å². The van der Waals surface area contributed by atoms with Gasteiger partial charge in [0.05, 0.1) is 6.61 Å². The van der Waals surface area contributed by atoms with E-state index in [1.54, 1.807) is 0 Å². The second-order valence-electron chi connectivity index (χ2n) is 4.16. The van der Waals surface area contributed by atoms with E-state index in [0.717, 1.165) is 22.7 Å². The second-order valence-corrected chi connectivity index (χ2v) is 4.16. The number of nitrogens with one attached hydrogen (secondary N) is 1. The molecule has 2 aromatic rings. The summed E-state index contributed by atoms with van der Waals surface area (Å²) in [5.41, 5.74) is 1.75. The zero-order chi connectivity index (χ0) is 14.2. The van der Waals surface area contributed by atoms with E-state index < -0.39 is 0 Å². The van der Waals surface area contributed by atoms with Crippen molar-refractivity contribution in [3.05, 3.63) is 54.1 Å². The third-order valence-electron chi connectivity index (χ3n) is 2.69. The van der Waals surface area contributed by atoms with Crippen LogP contribution >= 0.6 is 0 Å². The highest BCUT2D eigenvalue weighted by atomic mass is 16.5. The molecule has 0 radical (unpaired) electrons. The summed E-state index contributed by atoms with van der Waals surface area (Å²) < 4.78 is 11.1. The van der Waals surface area contributed by atoms with Gasteiger partial charge in [-0.3, -0.25) is 4.79 Å². The smallest absolute Gasteiger partial charge is 0.211 e. The minimum absolute atomic E-state index is 0.447. The van der Waals surface area contributed by atoms with Crippen molar-refractivity contribution < 1.29 is 14.3 Å². The van der Waals surface area contributed by atoms with Crippen LogP contribution in [0, 0.1) is 0 Å². The van der Waals surface area contributed by atoms with Gasteiger partial charge in [0.1, 0.15) is 18.1 Å². The molecule has 0 heterocycles. The van der Waals surface area contributed by atoms with Crippen LogP contribution in [-0.4, -0.2) is 13.0 Å². The van der Waals surface area contributed by atoms with Crippen LogP contribution in [0.4, 0.5) is 5.69 Å². The minimum atomic E-state index is 0.447. The van der Waals surface area contributed by atoms with Gasteiger partial charge in [0, 0.05) is 5.69 Å². The third-order valence-corrected chi connectivity index (χ3v) is 2.69. The van der Waals surface area contributed by atoms with Crippen LogP contribution in [-0.2, 0) is 11.4 Å². The summed E-state index contributed by atoms with van der Waals surface area (Å²) in [5.74, 6) is 1.61. The number of benzene rings is 2. The molecule has 4 heteroatoms. The normalized spacial score (nSPS) is 9.85. The fourth-order valence-electron chi connectivity index (χ4n) is 1.78. The number of carbonyl (C=O) groups is 1. The predicted molar refractivity (Wildman–Crippen MR) is 78.1 cm³/mol. The summed E-state index contributed by atoms with van der Waals surface area (Å²) in [6.45, 7) is 3.05. The Morgan fingerprint density at radius 3 is 2.40 bits per heavy atom. The summed E-state index contributed by atoms with van der Waals surface area (Å²) >= 11 is 0. The number of hydrogen-bond acceptors (Lipinski definition) is 3. The topological polar surface area (TPSA) is 47.6 Å². The van der Waals surface area contributed by atoms with Gasteiger partial charge in [0.2, 0.25) is 6.41 Å². The number of hydrogen-bond donors (Lipinski definition) is 1. The van der Waals surface area contributed by atoms with Crippen LogP contribution in [0.5, 0.6) is 11.5 Å². The molecule has 1 N–H and O–H groups in total. The van der Waals surface area contributed by atoms with Crippen molar-refractivity contribution in [3.8, 4) is 11.5 Å². The van der Waals surface area contributed by atoms with E-state index in [1.807, 2.05) is 55.5 Å². The average molecular weight is 271 g/mol. The summed E-state index contributed by atoms with van der Waals surface area (Å²) in [7, 11) is 0. The molecule has 0 atom stereocenters. The molecule has 20 heavy (non-hydrogen) atoms. The van der Waals surface area contributed by atoms with Crippen LogP contribution in [0.1, 0.15) is 12.5 Å². The molecule has 0 aromatic heterocycles. The largest absolute Gasteiger partial charge is 0.494 e. The number of rotatable bonds is 7. The Bertz CT molecular complexity index is 552. The lowest BCUT2D eigenvalue weighted by Gasteiger charge is -2.08. The molecule has 0 fully saturated rings. The Labute approximate surface area is 118 Å². The van der Waals surface area contributed by atoms with Gasteiger partial charge in [0.15, 0.2) is 0 Å². The van der Waals surface area contributed by atoms with Crippen LogP contribution < -0.4 is 14.8 Å². The SMILES string of the molecule is CCOc1ccc(OCc2cccc(NC=O)c2)cc1. The molecule has 4 nitrogen and oxygen atoms in total. The van der Waals surface area contributed by atoms with E-state index in [2.05, 4.69) is 5.32 Å². The molecule has 0 aliphatic carbocycles. The van der Waals surface area contributed by atoms with Crippen LogP contribution in [0.25, 0.3) is 0 Å². The van der Waals surface area contributed by atoms with Crippen molar-refractivity contribution >= 4 is 12.1 Å². The molecule has 0 spiro atoms. The highest BCUT2D eigenvalue weighted by Crippen LogP contribution is 2.19. The molecule has 0 aliphatic heterocycles. The van der Waals surface area contributed by atoms with Gasteiger partial charge in [-0.15, -0.1) is 0 Å². The lowest BCUT2D eigenvalue weighted by Crippen LogP contribution is -1.98. The lowest BCUT2D eigenvalue weighted by atomic mass is 10.2. The second kappa shape index (κ2) is 7.19. The summed E-state index contributed by atoms with van der Waals surface area (Å²) in [6.07, 6.45) is 0.659. The summed E-state index contributed by atoms with van der Waals surface area (Å²) in [4.78, 5) is 10.4. The minimum Gasteiger partial charge on any atom is -0.494 e. The summed E-state index contributed by atoms with van der Waals surface area (Å²) in [5, 5.41) is 2.61. The first-order chi connectivity index (χ1) is 9.81. The van der Waals surface area contributed by atoms with E-state index in [9.17, 15) is 4.79 Å². The molecule has 2 aromatic carbocycles. The average Bonchev–Trinajstić information content (AvgIpc) is 2.48. The van der Waals surface area contributed by atoms with E-state index in [4.69, 9.17) is 9.47 Å². The van der Waals surface area contributed by atoms with Crippen LogP contribution in [0.3, 0.4) is 0 Å². The lowest BCUT2D eigenvalue weighted by molar-refractivity contribution is -0.105. The van der Waals surface area contributed by atoms with E-state index in [1.165, 1.54) is 0 Å². The van der Waals surface area contributed by atoms with Crippen molar-refractivity contribution in [1.82, 2.24) is 0 Å². The highest BCUT2D eigenvalue weighted by Gasteiger charge is 1.99. The van der Waals surface area contributed by atoms with Crippen LogP contribution in [0.2, 0.25) is 0 Å². The molecule has 2 rings (SSSR count). The number of amides is 1. The van der Waals surface area contributed by atoms with Gasteiger partial charge in [0.25, 0.3) is 0 Å². The first-order valence-electron chi connectivity index (χ1n) is 6.46.